The summed E-state index contributed by atoms with van der Waals surface area (Å²) in [6.07, 6.45) is 2.18. The van der Waals surface area contributed by atoms with Crippen LogP contribution in [0.1, 0.15) is 31.7 Å². The molecule has 0 spiro atoms. The summed E-state index contributed by atoms with van der Waals surface area (Å²) >= 11 is 0. The lowest BCUT2D eigenvalue weighted by Crippen LogP contribution is -2.32. The second-order valence-electron chi connectivity index (χ2n) is 7.54. The number of hydrogen-bond donors (Lipinski definition) is 2. The molecule has 9 nitrogen and oxygen atoms in total. The van der Waals surface area contributed by atoms with Gasteiger partial charge in [-0.3, -0.25) is 19.6 Å². The van der Waals surface area contributed by atoms with Crippen molar-refractivity contribution in [2.45, 2.75) is 44.4 Å². The second-order valence-corrected chi connectivity index (χ2v) is 9.61. The van der Waals surface area contributed by atoms with E-state index in [0.29, 0.717) is 24.8 Å². The fraction of sp³-hybridized carbons (Fsp3) is 0.421. The highest BCUT2D eigenvalue weighted by Crippen LogP contribution is 2.47. The first-order chi connectivity index (χ1) is 14.5. The summed E-state index contributed by atoms with van der Waals surface area (Å²) in [7, 11) is -3.96. The standard InChI is InChI=1S/C19H22F2N4O5S/c1-3-19(6-7-19)31(29,30)23-15-11-24(8-9-25(27)28)18(26)16(21)17(15)22-14-5-4-12(2)10-13(14)20/h4-5,10-11,22-23H,3,6-9H2,1-2H3. The maximum atomic E-state index is 15.0. The first kappa shape index (κ1) is 22.7. The Morgan fingerprint density at radius 3 is 2.48 bits per heavy atom. The zero-order valence-electron chi connectivity index (χ0n) is 16.9. The normalized spacial score (nSPS) is 14.8. The van der Waals surface area contributed by atoms with E-state index in [9.17, 15) is 32.1 Å². The molecule has 0 saturated heterocycles. The molecule has 0 amide bonds. The molecule has 1 saturated carbocycles. The van der Waals surface area contributed by atoms with Crippen molar-refractivity contribution >= 4 is 27.1 Å². The number of anilines is 3. The highest BCUT2D eigenvalue weighted by atomic mass is 32.2. The number of aryl methyl sites for hydroxylation is 1. The van der Waals surface area contributed by atoms with Crippen LogP contribution in [0, 0.1) is 28.7 Å². The summed E-state index contributed by atoms with van der Waals surface area (Å²) in [5, 5.41) is 13.1. The number of aromatic nitrogens is 1. The van der Waals surface area contributed by atoms with Crippen LogP contribution in [0.15, 0.2) is 29.2 Å². The molecule has 1 aromatic heterocycles. The largest absolute Gasteiger partial charge is 0.349 e. The van der Waals surface area contributed by atoms with Gasteiger partial charge in [0.1, 0.15) is 11.5 Å². The summed E-state index contributed by atoms with van der Waals surface area (Å²) in [6.45, 7) is 2.24. The van der Waals surface area contributed by atoms with Gasteiger partial charge >= 0.3 is 0 Å². The predicted molar refractivity (Wildman–Crippen MR) is 112 cm³/mol. The van der Waals surface area contributed by atoms with Crippen LogP contribution in [-0.4, -0.2) is 29.2 Å². The van der Waals surface area contributed by atoms with Crippen molar-refractivity contribution < 1.29 is 22.1 Å². The van der Waals surface area contributed by atoms with Gasteiger partial charge in [0, 0.05) is 11.1 Å². The summed E-state index contributed by atoms with van der Waals surface area (Å²) < 4.78 is 57.1. The molecule has 0 aliphatic heterocycles. The second kappa shape index (κ2) is 8.25. The fourth-order valence-electron chi connectivity index (χ4n) is 3.25. The third kappa shape index (κ3) is 4.53. The van der Waals surface area contributed by atoms with Gasteiger partial charge in [0.2, 0.25) is 22.4 Å². The first-order valence-electron chi connectivity index (χ1n) is 9.60. The van der Waals surface area contributed by atoms with Gasteiger partial charge in [0.25, 0.3) is 5.56 Å². The monoisotopic (exact) mass is 456 g/mol. The van der Waals surface area contributed by atoms with E-state index in [4.69, 9.17) is 0 Å². The fourth-order valence-corrected chi connectivity index (χ4v) is 4.93. The van der Waals surface area contributed by atoms with Crippen LogP contribution in [0.2, 0.25) is 0 Å². The summed E-state index contributed by atoms with van der Waals surface area (Å²) in [5.74, 6) is -2.11. The van der Waals surface area contributed by atoms with Gasteiger partial charge in [-0.05, 0) is 43.9 Å². The van der Waals surface area contributed by atoms with E-state index < -0.39 is 55.7 Å². The summed E-state index contributed by atoms with van der Waals surface area (Å²) in [4.78, 5) is 22.4. The lowest BCUT2D eigenvalue weighted by atomic mass is 10.2. The van der Waals surface area contributed by atoms with Crippen LogP contribution in [0.5, 0.6) is 0 Å². The van der Waals surface area contributed by atoms with Gasteiger partial charge in [0.15, 0.2) is 0 Å². The van der Waals surface area contributed by atoms with E-state index in [-0.39, 0.29) is 11.4 Å². The number of halogens is 2. The number of hydrogen-bond acceptors (Lipinski definition) is 6. The number of nitrogens with one attached hydrogen (secondary N) is 2. The lowest BCUT2D eigenvalue weighted by Gasteiger charge is -2.20. The van der Waals surface area contributed by atoms with Crippen molar-refractivity contribution in [2.24, 2.45) is 0 Å². The summed E-state index contributed by atoms with van der Waals surface area (Å²) in [6, 6.07) is 4.08. The van der Waals surface area contributed by atoms with E-state index in [0.717, 1.165) is 10.8 Å². The Balaban J connectivity index is 2.10. The molecule has 1 fully saturated rings. The Morgan fingerprint density at radius 1 is 1.26 bits per heavy atom. The molecule has 12 heteroatoms. The van der Waals surface area contributed by atoms with Gasteiger partial charge in [0.05, 0.1) is 22.7 Å². The zero-order chi connectivity index (χ0) is 23.0. The maximum Gasteiger partial charge on any atom is 0.289 e. The predicted octanol–water partition coefficient (Wildman–Crippen LogP) is 3.14. The molecular weight excluding hydrogens is 434 g/mol. The van der Waals surface area contributed by atoms with Crippen LogP contribution in [0.25, 0.3) is 0 Å². The van der Waals surface area contributed by atoms with Crippen LogP contribution in [-0.2, 0) is 16.6 Å². The quantitative estimate of drug-likeness (QED) is 0.441. The lowest BCUT2D eigenvalue weighted by molar-refractivity contribution is -0.481. The van der Waals surface area contributed by atoms with E-state index in [1.165, 1.54) is 12.1 Å². The molecule has 2 N–H and O–H groups in total. The molecule has 1 aliphatic rings. The van der Waals surface area contributed by atoms with Crippen molar-refractivity contribution in [1.29, 1.82) is 0 Å². The average Bonchev–Trinajstić information content (AvgIpc) is 3.49. The Hall–Kier alpha value is -3.02. The molecule has 2 aromatic rings. The molecule has 1 heterocycles. The molecule has 1 aliphatic carbocycles. The molecule has 0 unspecified atom stereocenters. The van der Waals surface area contributed by atoms with Crippen molar-refractivity contribution in [2.75, 3.05) is 16.6 Å². The van der Waals surface area contributed by atoms with Crippen molar-refractivity contribution in [3.63, 3.8) is 0 Å². The Morgan fingerprint density at radius 2 is 1.94 bits per heavy atom. The topological polar surface area (TPSA) is 123 Å². The SMILES string of the molecule is CCC1(S(=O)(=O)Nc2cn(CC[N+](=O)[O-])c(=O)c(F)c2Nc2ccc(C)cc2F)CC1. The van der Waals surface area contributed by atoms with E-state index in [1.807, 2.05) is 0 Å². The number of rotatable bonds is 9. The highest BCUT2D eigenvalue weighted by molar-refractivity contribution is 7.94. The molecule has 0 atom stereocenters. The van der Waals surface area contributed by atoms with Gasteiger partial charge in [-0.1, -0.05) is 13.0 Å². The molecule has 1 aromatic carbocycles. The van der Waals surface area contributed by atoms with E-state index >= 15 is 0 Å². The maximum absolute atomic E-state index is 15.0. The molecule has 168 valence electrons. The molecular formula is C19H22F2N4O5S. The first-order valence-corrected chi connectivity index (χ1v) is 11.1. The zero-order valence-corrected chi connectivity index (χ0v) is 17.8. The molecule has 0 radical (unpaired) electrons. The molecule has 31 heavy (non-hydrogen) atoms. The Bertz CT molecular complexity index is 1190. The third-order valence-electron chi connectivity index (χ3n) is 5.40. The smallest absolute Gasteiger partial charge is 0.289 e. The Labute approximate surface area is 177 Å². The Kier molecular flexibility index (Phi) is 6.03. The highest BCUT2D eigenvalue weighted by Gasteiger charge is 2.53. The minimum Gasteiger partial charge on any atom is -0.349 e. The number of nitro groups is 1. The number of sulfonamides is 1. The van der Waals surface area contributed by atoms with E-state index in [1.54, 1.807) is 19.9 Å². The number of pyridine rings is 1. The molecule has 3 rings (SSSR count). The van der Waals surface area contributed by atoms with Crippen molar-refractivity contribution in [3.8, 4) is 0 Å². The van der Waals surface area contributed by atoms with Crippen molar-refractivity contribution in [3.05, 3.63) is 62.1 Å². The van der Waals surface area contributed by atoms with Crippen LogP contribution >= 0.6 is 0 Å². The minimum atomic E-state index is -3.96. The van der Waals surface area contributed by atoms with Gasteiger partial charge in [-0.25, -0.2) is 12.8 Å². The van der Waals surface area contributed by atoms with Crippen LogP contribution in [0.3, 0.4) is 0 Å². The average molecular weight is 456 g/mol. The summed E-state index contributed by atoms with van der Waals surface area (Å²) in [5.41, 5.74) is -1.64. The van der Waals surface area contributed by atoms with E-state index in [2.05, 4.69) is 10.0 Å². The molecule has 0 bridgehead atoms. The third-order valence-corrected chi connectivity index (χ3v) is 7.72. The van der Waals surface area contributed by atoms with Gasteiger partial charge < -0.3 is 9.88 Å². The van der Waals surface area contributed by atoms with Gasteiger partial charge in [-0.15, -0.1) is 0 Å². The minimum absolute atomic E-state index is 0.163. The van der Waals surface area contributed by atoms with Gasteiger partial charge in [-0.2, -0.15) is 4.39 Å². The number of nitrogens with zero attached hydrogens (tertiary/aromatic N) is 2. The van der Waals surface area contributed by atoms with Crippen LogP contribution in [0.4, 0.5) is 25.8 Å². The van der Waals surface area contributed by atoms with Crippen LogP contribution < -0.4 is 15.6 Å². The van der Waals surface area contributed by atoms with Crippen molar-refractivity contribution in [1.82, 2.24) is 4.57 Å². The number of benzene rings is 1.